The highest BCUT2D eigenvalue weighted by Gasteiger charge is 2.23. The Morgan fingerprint density at radius 1 is 1.32 bits per heavy atom. The molecular formula is C16H29N3O2S. The standard InChI is InChI=1S/C16H29N3O2S/c1-5-21-13(2)15-17-14(11-22-15)10-18-6-8-19(9-7-18)12-16(3,4)20/h11,13,20H,5-10,12H2,1-4H3. The van der Waals surface area contributed by atoms with Gasteiger partial charge in [0.1, 0.15) is 11.1 Å². The smallest absolute Gasteiger partial charge is 0.122 e. The highest BCUT2D eigenvalue weighted by Crippen LogP contribution is 2.22. The molecule has 2 heterocycles. The van der Waals surface area contributed by atoms with Gasteiger partial charge in [0.05, 0.1) is 11.3 Å². The summed E-state index contributed by atoms with van der Waals surface area (Å²) in [5.74, 6) is 0. The molecule has 0 saturated carbocycles. The number of thiazole rings is 1. The average Bonchev–Trinajstić information content (AvgIpc) is 2.88. The lowest BCUT2D eigenvalue weighted by Gasteiger charge is -2.37. The molecule has 1 fully saturated rings. The minimum absolute atomic E-state index is 0.0902. The highest BCUT2D eigenvalue weighted by molar-refractivity contribution is 7.09. The van der Waals surface area contributed by atoms with Crippen molar-refractivity contribution in [2.75, 3.05) is 39.3 Å². The first-order chi connectivity index (χ1) is 10.4. The third-order valence-electron chi connectivity index (χ3n) is 3.80. The molecule has 1 aliphatic rings. The number of aliphatic hydroxyl groups is 1. The van der Waals surface area contributed by atoms with E-state index in [1.807, 2.05) is 20.8 Å². The third kappa shape index (κ3) is 5.59. The molecule has 2 rings (SSSR count). The molecule has 126 valence electrons. The summed E-state index contributed by atoms with van der Waals surface area (Å²) in [5, 5.41) is 13.1. The summed E-state index contributed by atoms with van der Waals surface area (Å²) in [6.07, 6.45) is 0.0902. The van der Waals surface area contributed by atoms with Crippen molar-refractivity contribution in [3.63, 3.8) is 0 Å². The largest absolute Gasteiger partial charge is 0.389 e. The van der Waals surface area contributed by atoms with E-state index in [0.29, 0.717) is 0 Å². The Morgan fingerprint density at radius 3 is 2.55 bits per heavy atom. The number of aromatic nitrogens is 1. The van der Waals surface area contributed by atoms with Crippen LogP contribution in [0.1, 0.15) is 44.5 Å². The summed E-state index contributed by atoms with van der Waals surface area (Å²) in [6.45, 7) is 14.3. The molecule has 1 saturated heterocycles. The van der Waals surface area contributed by atoms with Crippen LogP contribution in [0.4, 0.5) is 0 Å². The molecule has 1 aromatic rings. The zero-order valence-electron chi connectivity index (χ0n) is 14.2. The van der Waals surface area contributed by atoms with Gasteiger partial charge in [0.25, 0.3) is 0 Å². The number of nitrogens with zero attached hydrogens (tertiary/aromatic N) is 3. The zero-order chi connectivity index (χ0) is 16.2. The topological polar surface area (TPSA) is 48.8 Å². The Labute approximate surface area is 137 Å². The van der Waals surface area contributed by atoms with Gasteiger partial charge in [-0.2, -0.15) is 0 Å². The molecule has 0 amide bonds. The van der Waals surface area contributed by atoms with E-state index in [1.54, 1.807) is 11.3 Å². The molecule has 0 aromatic carbocycles. The summed E-state index contributed by atoms with van der Waals surface area (Å²) < 4.78 is 5.60. The number of piperazine rings is 1. The Kier molecular flexibility index (Phi) is 6.35. The Bertz CT molecular complexity index is 450. The quantitative estimate of drug-likeness (QED) is 0.831. The van der Waals surface area contributed by atoms with Crippen molar-refractivity contribution in [3.8, 4) is 0 Å². The van der Waals surface area contributed by atoms with Crippen molar-refractivity contribution in [3.05, 3.63) is 16.1 Å². The Hall–Kier alpha value is -0.530. The van der Waals surface area contributed by atoms with Crippen LogP contribution in [-0.4, -0.2) is 64.8 Å². The minimum Gasteiger partial charge on any atom is -0.389 e. The highest BCUT2D eigenvalue weighted by atomic mass is 32.1. The summed E-state index contributed by atoms with van der Waals surface area (Å²) in [7, 11) is 0. The van der Waals surface area contributed by atoms with Crippen LogP contribution in [-0.2, 0) is 11.3 Å². The molecular weight excluding hydrogens is 298 g/mol. The van der Waals surface area contributed by atoms with Gasteiger partial charge in [0, 0.05) is 51.3 Å². The summed E-state index contributed by atoms with van der Waals surface area (Å²) >= 11 is 1.69. The lowest BCUT2D eigenvalue weighted by molar-refractivity contribution is 0.0165. The molecule has 0 bridgehead atoms. The number of hydrogen-bond acceptors (Lipinski definition) is 6. The zero-order valence-corrected chi connectivity index (χ0v) is 15.0. The van der Waals surface area contributed by atoms with Crippen molar-refractivity contribution in [2.24, 2.45) is 0 Å². The molecule has 22 heavy (non-hydrogen) atoms. The predicted molar refractivity (Wildman–Crippen MR) is 90.2 cm³/mol. The molecule has 0 aliphatic carbocycles. The van der Waals surface area contributed by atoms with E-state index in [0.717, 1.165) is 56.6 Å². The van der Waals surface area contributed by atoms with Crippen LogP contribution in [0.2, 0.25) is 0 Å². The van der Waals surface area contributed by atoms with Crippen LogP contribution in [0.15, 0.2) is 5.38 Å². The maximum atomic E-state index is 9.89. The fraction of sp³-hybridized carbons (Fsp3) is 0.812. The van der Waals surface area contributed by atoms with E-state index in [4.69, 9.17) is 9.72 Å². The van der Waals surface area contributed by atoms with Gasteiger partial charge in [-0.05, 0) is 27.7 Å². The lowest BCUT2D eigenvalue weighted by atomic mass is 10.1. The van der Waals surface area contributed by atoms with Gasteiger partial charge in [-0.15, -0.1) is 11.3 Å². The first-order valence-corrected chi connectivity index (χ1v) is 8.98. The lowest BCUT2D eigenvalue weighted by Crippen LogP contribution is -2.50. The van der Waals surface area contributed by atoms with Crippen LogP contribution >= 0.6 is 11.3 Å². The van der Waals surface area contributed by atoms with Crippen LogP contribution < -0.4 is 0 Å². The van der Waals surface area contributed by atoms with Crippen molar-refractivity contribution >= 4 is 11.3 Å². The van der Waals surface area contributed by atoms with E-state index < -0.39 is 5.60 Å². The maximum absolute atomic E-state index is 9.89. The molecule has 1 unspecified atom stereocenters. The van der Waals surface area contributed by atoms with Gasteiger partial charge in [-0.25, -0.2) is 4.98 Å². The van der Waals surface area contributed by atoms with Gasteiger partial charge < -0.3 is 9.84 Å². The number of ether oxygens (including phenoxy) is 1. The van der Waals surface area contributed by atoms with Crippen LogP contribution in [0.3, 0.4) is 0 Å². The second-order valence-corrected chi connectivity index (χ2v) is 7.53. The summed E-state index contributed by atoms with van der Waals surface area (Å²) in [5.41, 5.74) is 0.531. The summed E-state index contributed by atoms with van der Waals surface area (Å²) in [6, 6.07) is 0. The van der Waals surface area contributed by atoms with Gasteiger partial charge in [-0.3, -0.25) is 9.80 Å². The summed E-state index contributed by atoms with van der Waals surface area (Å²) in [4.78, 5) is 9.47. The SMILES string of the molecule is CCOC(C)c1nc(CN2CCN(CC(C)(C)O)CC2)cs1. The first kappa shape index (κ1) is 17.8. The van der Waals surface area contributed by atoms with Crippen LogP contribution in [0.25, 0.3) is 0 Å². The molecule has 1 aliphatic heterocycles. The van der Waals surface area contributed by atoms with Crippen LogP contribution in [0.5, 0.6) is 0 Å². The molecule has 1 N–H and O–H groups in total. The minimum atomic E-state index is -0.610. The fourth-order valence-corrected chi connectivity index (χ4v) is 3.60. The second-order valence-electron chi connectivity index (χ2n) is 6.64. The molecule has 1 atom stereocenters. The van der Waals surface area contributed by atoms with Crippen LogP contribution in [0, 0.1) is 0 Å². The van der Waals surface area contributed by atoms with E-state index in [2.05, 4.69) is 22.1 Å². The number of β-amino-alcohol motifs (C(OH)–C–C–N with tert-alkyl or cyclic N) is 1. The molecule has 0 spiro atoms. The van der Waals surface area contributed by atoms with Gasteiger partial charge in [0.15, 0.2) is 0 Å². The number of rotatable bonds is 7. The monoisotopic (exact) mass is 327 g/mol. The number of hydrogen-bond donors (Lipinski definition) is 1. The third-order valence-corrected chi connectivity index (χ3v) is 4.85. The average molecular weight is 327 g/mol. The predicted octanol–water partition coefficient (Wildman–Crippen LogP) is 2.13. The van der Waals surface area contributed by atoms with E-state index in [9.17, 15) is 5.11 Å². The van der Waals surface area contributed by atoms with Gasteiger partial charge >= 0.3 is 0 Å². The van der Waals surface area contributed by atoms with E-state index in [-0.39, 0.29) is 6.10 Å². The van der Waals surface area contributed by atoms with Gasteiger partial charge in [0.2, 0.25) is 0 Å². The van der Waals surface area contributed by atoms with Gasteiger partial charge in [-0.1, -0.05) is 0 Å². The molecule has 6 heteroatoms. The fourth-order valence-electron chi connectivity index (χ4n) is 2.79. The maximum Gasteiger partial charge on any atom is 0.122 e. The second kappa shape index (κ2) is 7.84. The Balaban J connectivity index is 1.79. The molecule has 1 aromatic heterocycles. The first-order valence-electron chi connectivity index (χ1n) is 8.10. The normalized spacial score (nSPS) is 19.5. The van der Waals surface area contributed by atoms with Crippen molar-refractivity contribution in [2.45, 2.75) is 45.9 Å². The van der Waals surface area contributed by atoms with Crippen molar-refractivity contribution < 1.29 is 9.84 Å². The van der Waals surface area contributed by atoms with Crippen molar-refractivity contribution in [1.82, 2.24) is 14.8 Å². The van der Waals surface area contributed by atoms with E-state index in [1.165, 1.54) is 0 Å². The molecule has 0 radical (unpaired) electrons. The molecule has 5 nitrogen and oxygen atoms in total. The van der Waals surface area contributed by atoms with Crippen molar-refractivity contribution in [1.29, 1.82) is 0 Å². The van der Waals surface area contributed by atoms with E-state index >= 15 is 0 Å². The Morgan fingerprint density at radius 2 is 1.95 bits per heavy atom.